The predicted octanol–water partition coefficient (Wildman–Crippen LogP) is 16.7. The van der Waals surface area contributed by atoms with E-state index >= 15 is 0 Å². The number of hydrogen-bond donors (Lipinski definition) is 0. The summed E-state index contributed by atoms with van der Waals surface area (Å²) in [7, 11) is 0. The van der Waals surface area contributed by atoms with E-state index in [1.54, 1.807) is 0 Å². The summed E-state index contributed by atoms with van der Waals surface area (Å²) in [6, 6.07) is 81.3. The SMILES string of the molecule is c1ccc(N(c2ccc(-c3ccc4c(ccc5ccccc54)c3)cc2)c2ccc(-c3cccc4ccccc34)cc2)c(-c2cccc3oc4c5ccccc5ccc4c23)c1. The molecule has 2 nitrogen and oxygen atoms in total. The van der Waals surface area contributed by atoms with Gasteiger partial charge in [0.15, 0.2) is 0 Å². The maximum Gasteiger partial charge on any atom is 0.143 e. The first-order valence-corrected chi connectivity index (χ1v) is 20.6. The van der Waals surface area contributed by atoms with Crippen LogP contribution in [0.3, 0.4) is 0 Å². The maximum absolute atomic E-state index is 6.67. The van der Waals surface area contributed by atoms with Gasteiger partial charge < -0.3 is 9.32 Å². The van der Waals surface area contributed by atoms with Gasteiger partial charge in [0, 0.05) is 33.1 Å². The third-order valence-corrected chi connectivity index (χ3v) is 12.3. The summed E-state index contributed by atoms with van der Waals surface area (Å²) in [5.41, 5.74) is 12.1. The van der Waals surface area contributed by atoms with Gasteiger partial charge >= 0.3 is 0 Å². The summed E-state index contributed by atoms with van der Waals surface area (Å²) in [6.07, 6.45) is 0. The molecule has 11 aromatic carbocycles. The van der Waals surface area contributed by atoms with Crippen LogP contribution in [0.5, 0.6) is 0 Å². The van der Waals surface area contributed by atoms with Gasteiger partial charge in [-0.05, 0) is 114 Å². The fourth-order valence-electron chi connectivity index (χ4n) is 9.36. The lowest BCUT2D eigenvalue weighted by molar-refractivity contribution is 0.673. The molecule has 0 aliphatic rings. The molecule has 1 aromatic heterocycles. The number of furan rings is 1. The van der Waals surface area contributed by atoms with E-state index in [0.29, 0.717) is 0 Å². The maximum atomic E-state index is 6.67. The van der Waals surface area contributed by atoms with Crippen molar-refractivity contribution in [1.82, 2.24) is 0 Å². The second kappa shape index (κ2) is 13.9. The van der Waals surface area contributed by atoms with Crippen molar-refractivity contribution in [2.75, 3.05) is 4.90 Å². The van der Waals surface area contributed by atoms with E-state index in [4.69, 9.17) is 4.42 Å². The van der Waals surface area contributed by atoms with Crippen LogP contribution in [0.1, 0.15) is 0 Å². The van der Waals surface area contributed by atoms with Gasteiger partial charge in [0.25, 0.3) is 0 Å². The van der Waals surface area contributed by atoms with E-state index in [-0.39, 0.29) is 0 Å². The number of anilines is 3. The van der Waals surface area contributed by atoms with E-state index in [2.05, 4.69) is 229 Å². The number of para-hydroxylation sites is 1. The third kappa shape index (κ3) is 5.57. The Hall–Kier alpha value is -7.94. The highest BCUT2D eigenvalue weighted by Crippen LogP contribution is 2.46. The van der Waals surface area contributed by atoms with E-state index in [1.165, 1.54) is 60.0 Å². The lowest BCUT2D eigenvalue weighted by Crippen LogP contribution is -2.11. The zero-order chi connectivity index (χ0) is 39.6. The van der Waals surface area contributed by atoms with Crippen molar-refractivity contribution in [2.24, 2.45) is 0 Å². The Labute approximate surface area is 347 Å². The molecule has 0 atom stereocenters. The topological polar surface area (TPSA) is 16.4 Å². The molecule has 12 rings (SSSR count). The van der Waals surface area contributed by atoms with E-state index in [9.17, 15) is 0 Å². The molecule has 12 aromatic rings. The zero-order valence-electron chi connectivity index (χ0n) is 32.7. The second-order valence-electron chi connectivity index (χ2n) is 15.6. The van der Waals surface area contributed by atoms with Gasteiger partial charge in [0.1, 0.15) is 11.2 Å². The van der Waals surface area contributed by atoms with Gasteiger partial charge in [-0.25, -0.2) is 0 Å². The molecule has 0 unspecified atom stereocenters. The average molecular weight is 764 g/mol. The first kappa shape index (κ1) is 34.1. The molecule has 0 spiro atoms. The molecule has 0 aliphatic carbocycles. The Morgan fingerprint density at radius 2 is 0.817 bits per heavy atom. The fraction of sp³-hybridized carbons (Fsp3) is 0. The van der Waals surface area contributed by atoms with Gasteiger partial charge in [0.05, 0.1) is 5.69 Å². The largest absolute Gasteiger partial charge is 0.455 e. The van der Waals surface area contributed by atoms with Gasteiger partial charge in [-0.3, -0.25) is 0 Å². The van der Waals surface area contributed by atoms with Crippen molar-refractivity contribution in [3.63, 3.8) is 0 Å². The second-order valence-corrected chi connectivity index (χ2v) is 15.6. The Bertz CT molecular complexity index is 3590. The number of rotatable bonds is 6. The predicted molar refractivity (Wildman–Crippen MR) is 255 cm³/mol. The summed E-state index contributed by atoms with van der Waals surface area (Å²) in [5.74, 6) is 0. The number of nitrogens with zero attached hydrogens (tertiary/aromatic N) is 1. The average Bonchev–Trinajstić information content (AvgIpc) is 3.72. The Kier molecular flexibility index (Phi) is 7.89. The van der Waals surface area contributed by atoms with E-state index in [0.717, 1.165) is 55.5 Å². The summed E-state index contributed by atoms with van der Waals surface area (Å²) in [5, 5.41) is 12.1. The van der Waals surface area contributed by atoms with Crippen LogP contribution in [0, 0.1) is 0 Å². The van der Waals surface area contributed by atoms with Crippen LogP contribution in [0.4, 0.5) is 17.1 Å². The van der Waals surface area contributed by atoms with Crippen molar-refractivity contribution < 1.29 is 4.42 Å². The van der Waals surface area contributed by atoms with E-state index < -0.39 is 0 Å². The highest BCUT2D eigenvalue weighted by atomic mass is 16.3. The van der Waals surface area contributed by atoms with Crippen molar-refractivity contribution in [3.8, 4) is 33.4 Å². The van der Waals surface area contributed by atoms with Crippen LogP contribution in [0.15, 0.2) is 229 Å². The smallest absolute Gasteiger partial charge is 0.143 e. The minimum atomic E-state index is 0.882. The van der Waals surface area contributed by atoms with Gasteiger partial charge in [0.2, 0.25) is 0 Å². The Morgan fingerprint density at radius 3 is 1.62 bits per heavy atom. The molecule has 0 aliphatic heterocycles. The summed E-state index contributed by atoms with van der Waals surface area (Å²) >= 11 is 0. The molecule has 280 valence electrons. The number of hydrogen-bond acceptors (Lipinski definition) is 2. The van der Waals surface area contributed by atoms with Crippen LogP contribution >= 0.6 is 0 Å². The summed E-state index contributed by atoms with van der Waals surface area (Å²) in [4.78, 5) is 2.40. The molecule has 0 radical (unpaired) electrons. The zero-order valence-corrected chi connectivity index (χ0v) is 32.7. The molecule has 2 heteroatoms. The van der Waals surface area contributed by atoms with Crippen molar-refractivity contribution in [3.05, 3.63) is 224 Å². The quantitative estimate of drug-likeness (QED) is 0.157. The molecule has 1 heterocycles. The molecule has 60 heavy (non-hydrogen) atoms. The van der Waals surface area contributed by atoms with E-state index in [1.807, 2.05) is 0 Å². The van der Waals surface area contributed by atoms with Crippen molar-refractivity contribution in [2.45, 2.75) is 0 Å². The van der Waals surface area contributed by atoms with Crippen LogP contribution in [-0.2, 0) is 0 Å². The van der Waals surface area contributed by atoms with Crippen molar-refractivity contribution in [1.29, 1.82) is 0 Å². The number of fused-ring (bicyclic) bond motifs is 9. The monoisotopic (exact) mass is 763 g/mol. The van der Waals surface area contributed by atoms with Crippen LogP contribution < -0.4 is 4.90 Å². The summed E-state index contributed by atoms with van der Waals surface area (Å²) < 4.78 is 6.67. The highest BCUT2D eigenvalue weighted by Gasteiger charge is 2.21. The minimum Gasteiger partial charge on any atom is -0.455 e. The van der Waals surface area contributed by atoms with Gasteiger partial charge in [-0.2, -0.15) is 0 Å². The molecule has 0 bridgehead atoms. The Balaban J connectivity index is 1.01. The molecular formula is C58H37NO. The van der Waals surface area contributed by atoms with Crippen LogP contribution in [0.25, 0.3) is 98.4 Å². The van der Waals surface area contributed by atoms with Crippen LogP contribution in [-0.4, -0.2) is 0 Å². The summed E-state index contributed by atoms with van der Waals surface area (Å²) in [6.45, 7) is 0. The third-order valence-electron chi connectivity index (χ3n) is 12.3. The molecular weight excluding hydrogens is 727 g/mol. The lowest BCUT2D eigenvalue weighted by atomic mass is 9.95. The Morgan fingerprint density at radius 1 is 0.300 bits per heavy atom. The first-order valence-electron chi connectivity index (χ1n) is 20.6. The molecule has 0 N–H and O–H groups in total. The highest BCUT2D eigenvalue weighted by molar-refractivity contribution is 6.20. The number of benzene rings is 11. The molecule has 0 saturated heterocycles. The van der Waals surface area contributed by atoms with Gasteiger partial charge in [-0.15, -0.1) is 0 Å². The van der Waals surface area contributed by atoms with Crippen molar-refractivity contribution >= 4 is 82.1 Å². The lowest BCUT2D eigenvalue weighted by Gasteiger charge is -2.28. The molecule has 0 amide bonds. The normalized spacial score (nSPS) is 11.7. The minimum absolute atomic E-state index is 0.882. The molecule has 0 fully saturated rings. The molecule has 0 saturated carbocycles. The first-order chi connectivity index (χ1) is 29.7. The van der Waals surface area contributed by atoms with Gasteiger partial charge in [-0.1, -0.05) is 176 Å². The van der Waals surface area contributed by atoms with Crippen LogP contribution in [0.2, 0.25) is 0 Å². The fourth-order valence-corrected chi connectivity index (χ4v) is 9.36. The standard InChI is InChI=1S/C58H37NO/c1-4-15-47-39(11-1)14-9-19-49(47)42-27-33-46(34-28-42)59(45-31-25-38(26-32-45)43-30-35-50-44(37-43)24-23-40-12-2-5-16-48(40)50)55-21-8-7-18-52(55)53-20-10-22-56-57(53)54-36-29-41-13-3-6-17-51(41)58(54)60-56/h1-37H.